The van der Waals surface area contributed by atoms with Gasteiger partial charge < -0.3 is 14.6 Å². The van der Waals surface area contributed by atoms with Crippen LogP contribution in [0.1, 0.15) is 19.4 Å². The summed E-state index contributed by atoms with van der Waals surface area (Å²) >= 11 is 0. The van der Waals surface area contributed by atoms with Crippen molar-refractivity contribution in [2.24, 2.45) is 0 Å². The third-order valence-electron chi connectivity index (χ3n) is 3.15. The number of nitrogens with zero attached hydrogens (tertiary/aromatic N) is 1. The third kappa shape index (κ3) is 3.15. The Morgan fingerprint density at radius 1 is 1.44 bits per heavy atom. The summed E-state index contributed by atoms with van der Waals surface area (Å²) in [6, 6.07) is 5.55. The highest BCUT2D eigenvalue weighted by Gasteiger charge is 2.27. The summed E-state index contributed by atoms with van der Waals surface area (Å²) in [5, 5.41) is 9.76. The Labute approximate surface area is 108 Å². The molecule has 100 valence electrons. The zero-order chi connectivity index (χ0) is 13.2. The van der Waals surface area contributed by atoms with Crippen LogP contribution in [0.3, 0.4) is 0 Å². The van der Waals surface area contributed by atoms with E-state index in [1.165, 1.54) is 0 Å². The summed E-state index contributed by atoms with van der Waals surface area (Å²) in [5.41, 5.74) is 0.998. The molecule has 1 aromatic carbocycles. The van der Waals surface area contributed by atoms with Gasteiger partial charge in [-0.15, -0.1) is 0 Å². The number of ether oxygens (including phenoxy) is 2. The quantitative estimate of drug-likeness (QED) is 0.892. The maximum absolute atomic E-state index is 9.76. The Balaban J connectivity index is 2.03. The number of aromatic hydroxyl groups is 1. The van der Waals surface area contributed by atoms with Gasteiger partial charge in [0.05, 0.1) is 19.3 Å². The minimum Gasteiger partial charge on any atom is -0.504 e. The first-order chi connectivity index (χ1) is 8.50. The Bertz CT molecular complexity index is 418. The Morgan fingerprint density at radius 2 is 2.22 bits per heavy atom. The molecule has 4 nitrogen and oxygen atoms in total. The van der Waals surface area contributed by atoms with E-state index in [4.69, 9.17) is 9.47 Å². The maximum Gasteiger partial charge on any atom is 0.160 e. The van der Waals surface area contributed by atoms with Crippen LogP contribution in [0.15, 0.2) is 18.2 Å². The number of methoxy groups -OCH3 is 1. The Kier molecular flexibility index (Phi) is 3.78. The van der Waals surface area contributed by atoms with Crippen molar-refractivity contribution in [3.05, 3.63) is 23.8 Å². The molecule has 0 unspecified atom stereocenters. The first-order valence-corrected chi connectivity index (χ1v) is 6.22. The van der Waals surface area contributed by atoms with Gasteiger partial charge >= 0.3 is 0 Å². The molecule has 0 radical (unpaired) electrons. The number of morpholine rings is 1. The summed E-state index contributed by atoms with van der Waals surface area (Å²) in [6.45, 7) is 7.62. The maximum atomic E-state index is 9.76. The van der Waals surface area contributed by atoms with Crippen molar-refractivity contribution in [3.63, 3.8) is 0 Å². The zero-order valence-electron chi connectivity index (χ0n) is 11.3. The number of benzene rings is 1. The predicted octanol–water partition coefficient (Wildman–Crippen LogP) is 2.01. The molecule has 1 N–H and O–H groups in total. The highest BCUT2D eigenvalue weighted by Crippen LogP contribution is 2.27. The van der Waals surface area contributed by atoms with Gasteiger partial charge in [-0.05, 0) is 31.5 Å². The molecular formula is C14H21NO3. The van der Waals surface area contributed by atoms with E-state index in [2.05, 4.69) is 18.7 Å². The van der Waals surface area contributed by atoms with E-state index < -0.39 is 0 Å². The largest absolute Gasteiger partial charge is 0.504 e. The van der Waals surface area contributed by atoms with Gasteiger partial charge in [-0.2, -0.15) is 0 Å². The minimum absolute atomic E-state index is 0.0905. The second-order valence-electron chi connectivity index (χ2n) is 5.33. The van der Waals surface area contributed by atoms with Gasteiger partial charge in [0.1, 0.15) is 0 Å². The lowest BCUT2D eigenvalue weighted by atomic mass is 10.1. The molecule has 1 aliphatic heterocycles. The Morgan fingerprint density at radius 3 is 2.83 bits per heavy atom. The topological polar surface area (TPSA) is 41.9 Å². The van der Waals surface area contributed by atoms with E-state index >= 15 is 0 Å². The summed E-state index contributed by atoms with van der Waals surface area (Å²) in [5.74, 6) is 0.712. The van der Waals surface area contributed by atoms with Crippen LogP contribution in [-0.2, 0) is 11.3 Å². The lowest BCUT2D eigenvalue weighted by Crippen LogP contribution is -2.47. The lowest BCUT2D eigenvalue weighted by molar-refractivity contribution is -0.0882. The SMILES string of the molecule is COc1ccc(CN2CCOC(C)(C)C2)cc1O. The number of hydrogen-bond acceptors (Lipinski definition) is 4. The van der Waals surface area contributed by atoms with E-state index in [1.807, 2.05) is 6.07 Å². The lowest BCUT2D eigenvalue weighted by Gasteiger charge is -2.38. The monoisotopic (exact) mass is 251 g/mol. The molecular weight excluding hydrogens is 230 g/mol. The van der Waals surface area contributed by atoms with Crippen LogP contribution in [0, 0.1) is 0 Å². The summed E-state index contributed by atoms with van der Waals surface area (Å²) in [7, 11) is 1.55. The third-order valence-corrected chi connectivity index (χ3v) is 3.15. The van der Waals surface area contributed by atoms with Crippen LogP contribution in [0.25, 0.3) is 0 Å². The first-order valence-electron chi connectivity index (χ1n) is 6.22. The molecule has 0 aliphatic carbocycles. The van der Waals surface area contributed by atoms with Gasteiger partial charge in [-0.1, -0.05) is 6.07 Å². The van der Waals surface area contributed by atoms with Crippen LogP contribution in [0.2, 0.25) is 0 Å². The molecule has 18 heavy (non-hydrogen) atoms. The van der Waals surface area contributed by atoms with Crippen LogP contribution < -0.4 is 4.74 Å². The van der Waals surface area contributed by atoms with Crippen molar-refractivity contribution in [3.8, 4) is 11.5 Å². The normalized spacial score (nSPS) is 19.7. The second-order valence-corrected chi connectivity index (χ2v) is 5.33. The van der Waals surface area contributed by atoms with Crippen molar-refractivity contribution in [2.75, 3.05) is 26.8 Å². The fourth-order valence-electron chi connectivity index (χ4n) is 2.34. The standard InChI is InChI=1S/C14H21NO3/c1-14(2)10-15(6-7-18-14)9-11-4-5-13(17-3)12(16)8-11/h4-5,8,16H,6-7,9-10H2,1-3H3. The number of phenolic OH excluding ortho intramolecular Hbond substituents is 1. The average Bonchev–Trinajstić information content (AvgIpc) is 2.28. The molecule has 1 aromatic rings. The predicted molar refractivity (Wildman–Crippen MR) is 70.0 cm³/mol. The molecule has 0 spiro atoms. The van der Waals surface area contributed by atoms with E-state index in [0.717, 1.165) is 31.8 Å². The van der Waals surface area contributed by atoms with Gasteiger partial charge in [0, 0.05) is 19.6 Å². The molecule has 0 aromatic heterocycles. The van der Waals surface area contributed by atoms with Crippen molar-refractivity contribution < 1.29 is 14.6 Å². The molecule has 0 saturated carbocycles. The number of hydrogen-bond donors (Lipinski definition) is 1. The highest BCUT2D eigenvalue weighted by atomic mass is 16.5. The second kappa shape index (κ2) is 5.16. The summed E-state index contributed by atoms with van der Waals surface area (Å²) in [4.78, 5) is 2.34. The van der Waals surface area contributed by atoms with Crippen LogP contribution in [-0.4, -0.2) is 42.4 Å². The number of phenols is 1. The van der Waals surface area contributed by atoms with E-state index in [0.29, 0.717) is 5.75 Å². The smallest absolute Gasteiger partial charge is 0.160 e. The molecule has 2 rings (SSSR count). The van der Waals surface area contributed by atoms with E-state index in [9.17, 15) is 5.11 Å². The van der Waals surface area contributed by atoms with Crippen molar-refractivity contribution >= 4 is 0 Å². The molecule has 0 bridgehead atoms. The molecule has 1 heterocycles. The van der Waals surface area contributed by atoms with Crippen molar-refractivity contribution in [1.29, 1.82) is 0 Å². The van der Waals surface area contributed by atoms with E-state index in [-0.39, 0.29) is 11.4 Å². The fraction of sp³-hybridized carbons (Fsp3) is 0.571. The van der Waals surface area contributed by atoms with Gasteiger partial charge in [-0.25, -0.2) is 0 Å². The Hall–Kier alpha value is -1.26. The van der Waals surface area contributed by atoms with Gasteiger partial charge in [0.25, 0.3) is 0 Å². The van der Waals surface area contributed by atoms with Gasteiger partial charge in [-0.3, -0.25) is 4.90 Å². The molecule has 1 fully saturated rings. The molecule has 4 heteroatoms. The molecule has 0 atom stereocenters. The summed E-state index contributed by atoms with van der Waals surface area (Å²) in [6.07, 6.45) is 0. The van der Waals surface area contributed by atoms with Crippen molar-refractivity contribution in [1.82, 2.24) is 4.90 Å². The number of rotatable bonds is 3. The van der Waals surface area contributed by atoms with E-state index in [1.54, 1.807) is 19.2 Å². The van der Waals surface area contributed by atoms with Crippen LogP contribution in [0.5, 0.6) is 11.5 Å². The molecule has 0 amide bonds. The highest BCUT2D eigenvalue weighted by molar-refractivity contribution is 5.41. The summed E-state index contributed by atoms with van der Waals surface area (Å²) < 4.78 is 10.7. The minimum atomic E-state index is -0.0905. The molecule has 1 aliphatic rings. The average molecular weight is 251 g/mol. The van der Waals surface area contributed by atoms with Crippen LogP contribution in [0.4, 0.5) is 0 Å². The zero-order valence-corrected chi connectivity index (χ0v) is 11.3. The van der Waals surface area contributed by atoms with Crippen LogP contribution >= 0.6 is 0 Å². The van der Waals surface area contributed by atoms with Gasteiger partial charge in [0.2, 0.25) is 0 Å². The fourth-order valence-corrected chi connectivity index (χ4v) is 2.34. The van der Waals surface area contributed by atoms with Crippen molar-refractivity contribution in [2.45, 2.75) is 26.0 Å². The molecule has 1 saturated heterocycles. The first kappa shape index (κ1) is 13.2. The van der Waals surface area contributed by atoms with Gasteiger partial charge in [0.15, 0.2) is 11.5 Å².